The maximum atomic E-state index is 6.35. The maximum Gasteiger partial charge on any atom is 0.128 e. The van der Waals surface area contributed by atoms with Crippen molar-refractivity contribution in [3.63, 3.8) is 0 Å². The molecule has 7 aromatic rings. The molecule has 0 amide bonds. The number of pyridine rings is 2. The average molecular weight is 798 g/mol. The second-order valence-electron chi connectivity index (χ2n) is 11.4. The van der Waals surface area contributed by atoms with Crippen LogP contribution in [-0.2, 0) is 20.1 Å². The molecule has 0 N–H and O–H groups in total. The molecule has 0 aliphatic carbocycles. The number of nitrogens with zero attached hydrogens (tertiary/aromatic N) is 2. The van der Waals surface area contributed by atoms with Crippen molar-refractivity contribution in [1.82, 2.24) is 9.97 Å². The van der Waals surface area contributed by atoms with Gasteiger partial charge < -0.3 is 9.40 Å². The Kier molecular flexibility index (Phi) is 9.41. The fraction of sp³-hybridized carbons (Fsp3) is 0.105. The van der Waals surface area contributed by atoms with Gasteiger partial charge in [-0.15, -0.1) is 18.2 Å². The zero-order valence-electron chi connectivity index (χ0n) is 24.7. The van der Waals surface area contributed by atoms with Gasteiger partial charge in [-0.3, -0.25) is 0 Å². The molecule has 215 valence electrons. The minimum atomic E-state index is -1.73. The summed E-state index contributed by atoms with van der Waals surface area (Å²) in [5, 5.41) is 2.20. The second kappa shape index (κ2) is 13.2. The zero-order valence-corrected chi connectivity index (χ0v) is 29.2. The summed E-state index contributed by atoms with van der Waals surface area (Å²) in [7, 11) is 0. The molecule has 7 rings (SSSR count). The van der Waals surface area contributed by atoms with Crippen LogP contribution in [-0.4, -0.2) is 23.2 Å². The number of furan rings is 1. The number of aromatic nitrogens is 2. The summed E-state index contributed by atoms with van der Waals surface area (Å²) < 4.78 is 7.80. The molecule has 0 aliphatic rings. The molecule has 5 heteroatoms. The van der Waals surface area contributed by atoms with Crippen LogP contribution in [0.3, 0.4) is 0 Å². The van der Waals surface area contributed by atoms with E-state index in [1.54, 1.807) is 6.20 Å². The predicted molar refractivity (Wildman–Crippen MR) is 177 cm³/mol. The van der Waals surface area contributed by atoms with Crippen LogP contribution in [0.4, 0.5) is 0 Å². The Morgan fingerprint density at radius 3 is 2.14 bits per heavy atom. The molecule has 3 nitrogen and oxygen atoms in total. The summed E-state index contributed by atoms with van der Waals surface area (Å²) in [5.74, 6) is 7.15. The van der Waals surface area contributed by atoms with Crippen molar-refractivity contribution in [2.45, 2.75) is 24.2 Å². The Morgan fingerprint density at radius 2 is 1.47 bits per heavy atom. The first-order valence-electron chi connectivity index (χ1n) is 14.2. The third-order valence-corrected chi connectivity index (χ3v) is 11.6. The van der Waals surface area contributed by atoms with Crippen molar-refractivity contribution in [2.75, 3.05) is 0 Å². The molecule has 0 fully saturated rings. The van der Waals surface area contributed by atoms with Gasteiger partial charge in [0.05, 0.1) is 5.58 Å². The Bertz CT molecular complexity index is 1850. The van der Waals surface area contributed by atoms with E-state index in [0.29, 0.717) is 0 Å². The zero-order chi connectivity index (χ0) is 29.1. The van der Waals surface area contributed by atoms with Gasteiger partial charge in [0.25, 0.3) is 0 Å². The third kappa shape index (κ3) is 6.73. The topological polar surface area (TPSA) is 38.9 Å². The van der Waals surface area contributed by atoms with Crippen LogP contribution in [0.5, 0.6) is 0 Å². The van der Waals surface area contributed by atoms with E-state index < -0.39 is 13.3 Å². The van der Waals surface area contributed by atoms with Crippen LogP contribution in [0.1, 0.15) is 5.56 Å². The van der Waals surface area contributed by atoms with E-state index in [0.717, 1.165) is 55.6 Å². The number of para-hydroxylation sites is 1. The average Bonchev–Trinajstić information content (AvgIpc) is 3.41. The van der Waals surface area contributed by atoms with E-state index in [2.05, 4.69) is 107 Å². The minimum Gasteiger partial charge on any atom is -0.500 e. The standard InChI is InChI=1S/C23H14NO.C15H18GeN.Ir/c1-2-8-16(9-3-1)17-10-6-11-18-19-12-7-13-20(23(19)25-22(17)18)21-14-4-5-15-24-21;1-12-5-7-13(8-6-12)15-10-9-14(11-17-15)16(2,3)4;/h1-12,14-15H;5-7,9-11H,1-4H3;/q2*-1;. The van der Waals surface area contributed by atoms with Gasteiger partial charge in [0.2, 0.25) is 0 Å². The van der Waals surface area contributed by atoms with Crippen molar-refractivity contribution in [2.24, 2.45) is 0 Å². The van der Waals surface area contributed by atoms with Crippen molar-refractivity contribution in [1.29, 1.82) is 0 Å². The van der Waals surface area contributed by atoms with Gasteiger partial charge in [-0.05, 0) is 17.3 Å². The first-order chi connectivity index (χ1) is 20.4. The predicted octanol–water partition coefficient (Wildman–Crippen LogP) is 9.52. The molecule has 0 bridgehead atoms. The Labute approximate surface area is 269 Å². The summed E-state index contributed by atoms with van der Waals surface area (Å²) in [6, 6.07) is 43.6. The largest absolute Gasteiger partial charge is 0.500 e. The van der Waals surface area contributed by atoms with Gasteiger partial charge in [-0.2, -0.15) is 0 Å². The fourth-order valence-electron chi connectivity index (χ4n) is 4.97. The summed E-state index contributed by atoms with van der Waals surface area (Å²) in [6.45, 7) is 2.07. The Balaban J connectivity index is 0.000000180. The van der Waals surface area contributed by atoms with E-state index in [9.17, 15) is 0 Å². The SMILES string of the molecule is Cc1c[c-]c(-c2cc[c]([Ge]([CH3])([CH3])[CH3])cn2)cc1.[Ir].[c-]1ccc2c(oc3c(-c4ccccc4)cccc32)c1-c1ccccn1. The quantitative estimate of drug-likeness (QED) is 0.132. The molecule has 3 aromatic heterocycles. The smallest absolute Gasteiger partial charge is 0.128 e. The van der Waals surface area contributed by atoms with E-state index in [1.807, 2.05) is 54.7 Å². The van der Waals surface area contributed by atoms with Crippen molar-refractivity contribution >= 4 is 39.6 Å². The van der Waals surface area contributed by atoms with Gasteiger partial charge in [-0.25, -0.2) is 0 Å². The molecule has 3 heterocycles. The minimum absolute atomic E-state index is 0. The monoisotopic (exact) mass is 799 g/mol. The van der Waals surface area contributed by atoms with Crippen LogP contribution in [0, 0.1) is 19.1 Å². The molecule has 0 saturated carbocycles. The number of benzene rings is 4. The van der Waals surface area contributed by atoms with E-state index in [-0.39, 0.29) is 20.1 Å². The van der Waals surface area contributed by atoms with Gasteiger partial charge in [0.1, 0.15) is 5.58 Å². The van der Waals surface area contributed by atoms with Crippen LogP contribution >= 0.6 is 0 Å². The number of rotatable bonds is 4. The van der Waals surface area contributed by atoms with Gasteiger partial charge >= 0.3 is 106 Å². The molecular formula is C38H32GeIrN2O-2. The van der Waals surface area contributed by atoms with E-state index in [4.69, 9.17) is 4.42 Å². The van der Waals surface area contributed by atoms with E-state index >= 15 is 0 Å². The molecular weight excluding hydrogens is 765 g/mol. The molecule has 0 unspecified atom stereocenters. The molecule has 0 spiro atoms. The normalized spacial score (nSPS) is 11.1. The van der Waals surface area contributed by atoms with Crippen LogP contribution in [0.2, 0.25) is 17.3 Å². The number of hydrogen-bond acceptors (Lipinski definition) is 3. The molecule has 43 heavy (non-hydrogen) atoms. The van der Waals surface area contributed by atoms with Crippen molar-refractivity contribution in [3.05, 3.63) is 139 Å². The molecule has 0 aliphatic heterocycles. The number of hydrogen-bond donors (Lipinski definition) is 0. The van der Waals surface area contributed by atoms with Crippen LogP contribution in [0.15, 0.2) is 126 Å². The van der Waals surface area contributed by atoms with Crippen molar-refractivity contribution < 1.29 is 24.5 Å². The number of fused-ring (bicyclic) bond motifs is 3. The molecule has 0 saturated heterocycles. The Hall–Kier alpha value is -3.83. The van der Waals surface area contributed by atoms with Gasteiger partial charge in [0.15, 0.2) is 0 Å². The summed E-state index contributed by atoms with van der Waals surface area (Å²) >= 11 is -1.73. The van der Waals surface area contributed by atoms with Gasteiger partial charge in [-0.1, -0.05) is 71.6 Å². The van der Waals surface area contributed by atoms with E-state index in [1.165, 1.54) is 9.96 Å². The summed E-state index contributed by atoms with van der Waals surface area (Å²) in [4.78, 5) is 9.02. The molecule has 4 aromatic carbocycles. The summed E-state index contributed by atoms with van der Waals surface area (Å²) in [6.07, 6.45) is 3.84. The van der Waals surface area contributed by atoms with Gasteiger partial charge in [0, 0.05) is 37.3 Å². The fourth-order valence-corrected chi connectivity index (χ4v) is 7.14. The molecule has 1 radical (unpaired) electrons. The maximum absolute atomic E-state index is 6.35. The number of aryl methyl sites for hydroxylation is 1. The first-order valence-corrected chi connectivity index (χ1v) is 21.5. The second-order valence-corrected chi connectivity index (χ2v) is 22.1. The first kappa shape index (κ1) is 30.6. The molecule has 0 atom stereocenters. The summed E-state index contributed by atoms with van der Waals surface area (Å²) in [5.41, 5.74) is 9.07. The Morgan fingerprint density at radius 1 is 0.674 bits per heavy atom. The van der Waals surface area contributed by atoms with Crippen molar-refractivity contribution in [3.8, 4) is 33.6 Å². The third-order valence-electron chi connectivity index (χ3n) is 7.34. The van der Waals surface area contributed by atoms with Crippen LogP contribution in [0.25, 0.3) is 55.6 Å². The van der Waals surface area contributed by atoms with Crippen LogP contribution < -0.4 is 4.40 Å².